The Hall–Kier alpha value is -2.31. The zero-order valence-electron chi connectivity index (χ0n) is 10.3. The van der Waals surface area contributed by atoms with Gasteiger partial charge < -0.3 is 20.7 Å². The van der Waals surface area contributed by atoms with Crippen molar-refractivity contribution in [2.75, 3.05) is 0 Å². The molecule has 0 spiro atoms. The molecule has 2 rings (SSSR count). The van der Waals surface area contributed by atoms with Gasteiger partial charge in [-0.15, -0.1) is 0 Å². The van der Waals surface area contributed by atoms with Crippen LogP contribution in [0.5, 0.6) is 0 Å². The number of hydrogen-bond donors (Lipinski definition) is 4. The van der Waals surface area contributed by atoms with E-state index >= 15 is 0 Å². The average molecular weight is 264 g/mol. The van der Waals surface area contributed by atoms with Gasteiger partial charge in [-0.1, -0.05) is 12.2 Å². The van der Waals surface area contributed by atoms with Gasteiger partial charge in [0.25, 0.3) is 0 Å². The molecule has 0 saturated heterocycles. The molecule has 0 unspecified atom stereocenters. The number of carboxylic acids is 1. The van der Waals surface area contributed by atoms with E-state index in [1.807, 2.05) is 12.2 Å². The van der Waals surface area contributed by atoms with Gasteiger partial charge in [-0.25, -0.2) is 14.6 Å². The van der Waals surface area contributed by atoms with Gasteiger partial charge in [0.1, 0.15) is 6.04 Å². The number of aromatic amines is 1. The standard InChI is InChI=1S/C12H16N4O3/c17-11(18)10(5-9-6-13-7-14-9)16-12(19)15-8-3-1-2-4-8/h1-2,6-8,10H,3-5H2,(H,13,14)(H,17,18)(H2,15,16,19)/t10-/m0/s1. The number of H-pyrrole nitrogens is 1. The molecule has 2 amide bonds. The van der Waals surface area contributed by atoms with Crippen molar-refractivity contribution in [1.29, 1.82) is 0 Å². The molecule has 1 aliphatic carbocycles. The summed E-state index contributed by atoms with van der Waals surface area (Å²) in [6.45, 7) is 0. The lowest BCUT2D eigenvalue weighted by atomic mass is 10.1. The molecule has 1 aromatic heterocycles. The predicted octanol–water partition coefficient (Wildman–Crippen LogP) is 0.423. The van der Waals surface area contributed by atoms with Crippen molar-refractivity contribution in [2.45, 2.75) is 31.3 Å². The molecular formula is C12H16N4O3. The molecule has 1 aromatic rings. The third-order valence-electron chi connectivity index (χ3n) is 2.93. The molecule has 1 heterocycles. The maximum absolute atomic E-state index is 11.7. The highest BCUT2D eigenvalue weighted by Crippen LogP contribution is 2.08. The number of urea groups is 1. The van der Waals surface area contributed by atoms with Crippen LogP contribution in [0.1, 0.15) is 18.5 Å². The molecule has 0 saturated carbocycles. The van der Waals surface area contributed by atoms with E-state index in [9.17, 15) is 9.59 Å². The molecule has 0 aliphatic heterocycles. The first-order valence-corrected chi connectivity index (χ1v) is 6.07. The molecule has 4 N–H and O–H groups in total. The lowest BCUT2D eigenvalue weighted by molar-refractivity contribution is -0.139. The van der Waals surface area contributed by atoms with Crippen molar-refractivity contribution in [3.05, 3.63) is 30.4 Å². The summed E-state index contributed by atoms with van der Waals surface area (Å²) in [6, 6.07) is -1.38. The number of aliphatic carboxylic acids is 1. The van der Waals surface area contributed by atoms with Crippen molar-refractivity contribution < 1.29 is 14.7 Å². The Morgan fingerprint density at radius 3 is 2.79 bits per heavy atom. The number of carboxylic acid groups (broad SMARTS) is 1. The molecule has 7 nitrogen and oxygen atoms in total. The van der Waals surface area contributed by atoms with Crippen LogP contribution in [0.15, 0.2) is 24.7 Å². The van der Waals surface area contributed by atoms with Crippen LogP contribution in [0.3, 0.4) is 0 Å². The fourth-order valence-corrected chi connectivity index (χ4v) is 1.94. The average Bonchev–Trinajstić information content (AvgIpc) is 3.00. The number of carbonyl (C=O) groups excluding carboxylic acids is 1. The number of carbonyl (C=O) groups is 2. The second-order valence-corrected chi connectivity index (χ2v) is 4.43. The van der Waals surface area contributed by atoms with Gasteiger partial charge in [0, 0.05) is 24.4 Å². The number of imidazole rings is 1. The van der Waals surface area contributed by atoms with Crippen LogP contribution in [0.2, 0.25) is 0 Å². The van der Waals surface area contributed by atoms with Crippen LogP contribution in [-0.4, -0.2) is 39.2 Å². The fourth-order valence-electron chi connectivity index (χ4n) is 1.94. The zero-order valence-corrected chi connectivity index (χ0v) is 10.3. The number of rotatable bonds is 5. The third kappa shape index (κ3) is 3.84. The Labute approximate surface area is 110 Å². The van der Waals surface area contributed by atoms with Gasteiger partial charge in [-0.3, -0.25) is 0 Å². The molecular weight excluding hydrogens is 248 g/mol. The van der Waals surface area contributed by atoms with Crippen LogP contribution in [0.4, 0.5) is 4.79 Å². The van der Waals surface area contributed by atoms with Crippen molar-refractivity contribution >= 4 is 12.0 Å². The van der Waals surface area contributed by atoms with E-state index in [0.29, 0.717) is 5.69 Å². The van der Waals surface area contributed by atoms with E-state index in [2.05, 4.69) is 20.6 Å². The summed E-state index contributed by atoms with van der Waals surface area (Å²) in [6.07, 6.45) is 8.73. The van der Waals surface area contributed by atoms with Crippen LogP contribution in [0, 0.1) is 0 Å². The minimum Gasteiger partial charge on any atom is -0.480 e. The third-order valence-corrected chi connectivity index (χ3v) is 2.93. The van der Waals surface area contributed by atoms with Crippen LogP contribution in [0.25, 0.3) is 0 Å². The quantitative estimate of drug-likeness (QED) is 0.578. The maximum atomic E-state index is 11.7. The number of amides is 2. The molecule has 1 aliphatic rings. The van der Waals surface area contributed by atoms with Crippen LogP contribution in [-0.2, 0) is 11.2 Å². The summed E-state index contributed by atoms with van der Waals surface area (Å²) in [5.74, 6) is -1.07. The smallest absolute Gasteiger partial charge is 0.326 e. The predicted molar refractivity (Wildman–Crippen MR) is 67.5 cm³/mol. The second kappa shape index (κ2) is 6.03. The maximum Gasteiger partial charge on any atom is 0.326 e. The fraction of sp³-hybridized carbons (Fsp3) is 0.417. The summed E-state index contributed by atoms with van der Waals surface area (Å²) < 4.78 is 0. The van der Waals surface area contributed by atoms with E-state index in [0.717, 1.165) is 12.8 Å². The van der Waals surface area contributed by atoms with E-state index in [4.69, 9.17) is 5.11 Å². The first-order valence-electron chi connectivity index (χ1n) is 6.07. The molecule has 0 fully saturated rings. The van der Waals surface area contributed by atoms with Gasteiger partial charge in [-0.2, -0.15) is 0 Å². The van der Waals surface area contributed by atoms with E-state index in [1.165, 1.54) is 12.5 Å². The lowest BCUT2D eigenvalue weighted by Gasteiger charge is -2.17. The Morgan fingerprint density at radius 2 is 2.21 bits per heavy atom. The molecule has 0 radical (unpaired) electrons. The van der Waals surface area contributed by atoms with Gasteiger partial charge in [-0.05, 0) is 12.8 Å². The number of nitrogens with one attached hydrogen (secondary N) is 3. The first kappa shape index (κ1) is 13.1. The Kier molecular flexibility index (Phi) is 4.17. The van der Waals surface area contributed by atoms with Crippen molar-refractivity contribution in [2.24, 2.45) is 0 Å². The number of hydrogen-bond acceptors (Lipinski definition) is 3. The molecule has 0 aromatic carbocycles. The van der Waals surface area contributed by atoms with Gasteiger partial charge >= 0.3 is 12.0 Å². The molecule has 0 bridgehead atoms. The van der Waals surface area contributed by atoms with Gasteiger partial charge in [0.15, 0.2) is 0 Å². The largest absolute Gasteiger partial charge is 0.480 e. The monoisotopic (exact) mass is 264 g/mol. The zero-order chi connectivity index (χ0) is 13.7. The van der Waals surface area contributed by atoms with Crippen molar-refractivity contribution in [1.82, 2.24) is 20.6 Å². The Morgan fingerprint density at radius 1 is 1.47 bits per heavy atom. The SMILES string of the molecule is O=C(NC1CC=CC1)N[C@@H](Cc1cnc[nH]1)C(=O)O. The highest BCUT2D eigenvalue weighted by molar-refractivity contribution is 5.82. The summed E-state index contributed by atoms with van der Waals surface area (Å²) in [4.78, 5) is 29.4. The van der Waals surface area contributed by atoms with E-state index < -0.39 is 18.0 Å². The molecule has 1 atom stereocenters. The normalized spacial score (nSPS) is 16.2. The molecule has 19 heavy (non-hydrogen) atoms. The van der Waals surface area contributed by atoms with E-state index in [-0.39, 0.29) is 12.5 Å². The summed E-state index contributed by atoms with van der Waals surface area (Å²) in [7, 11) is 0. The summed E-state index contributed by atoms with van der Waals surface area (Å²) in [5, 5.41) is 14.3. The Bertz CT molecular complexity index is 461. The Balaban J connectivity index is 1.85. The first-order chi connectivity index (χ1) is 9.15. The minimum atomic E-state index is -1.07. The van der Waals surface area contributed by atoms with Gasteiger partial charge in [0.2, 0.25) is 0 Å². The summed E-state index contributed by atoms with van der Waals surface area (Å²) >= 11 is 0. The van der Waals surface area contributed by atoms with Crippen molar-refractivity contribution in [3.63, 3.8) is 0 Å². The molecule has 7 heteroatoms. The summed E-state index contributed by atoms with van der Waals surface area (Å²) in [5.41, 5.74) is 0.662. The lowest BCUT2D eigenvalue weighted by Crippen LogP contribution is -2.49. The minimum absolute atomic E-state index is 0.0570. The van der Waals surface area contributed by atoms with Crippen LogP contribution < -0.4 is 10.6 Å². The van der Waals surface area contributed by atoms with Crippen LogP contribution >= 0.6 is 0 Å². The topological polar surface area (TPSA) is 107 Å². The highest BCUT2D eigenvalue weighted by Gasteiger charge is 2.22. The van der Waals surface area contributed by atoms with Gasteiger partial charge in [0.05, 0.1) is 6.33 Å². The number of nitrogens with zero attached hydrogens (tertiary/aromatic N) is 1. The van der Waals surface area contributed by atoms with Crippen molar-refractivity contribution in [3.8, 4) is 0 Å². The highest BCUT2D eigenvalue weighted by atomic mass is 16.4. The number of aromatic nitrogens is 2. The van der Waals surface area contributed by atoms with E-state index in [1.54, 1.807) is 0 Å². The second-order valence-electron chi connectivity index (χ2n) is 4.43. The molecule has 102 valence electrons.